The average Bonchev–Trinajstić information content (AvgIpc) is 3.20. The highest BCUT2D eigenvalue weighted by atomic mass is 16.2. The number of hydrogen-bond donors (Lipinski definition) is 1. The zero-order valence-corrected chi connectivity index (χ0v) is 23.0. The van der Waals surface area contributed by atoms with E-state index in [9.17, 15) is 14.9 Å². The largest absolute Gasteiger partial charge is 0.325 e. The van der Waals surface area contributed by atoms with Crippen LogP contribution in [0.4, 0.5) is 4.79 Å². The molecule has 2 fully saturated rings. The Balaban J connectivity index is 1.27. The Labute approximate surface area is 231 Å². The molecule has 0 bridgehead atoms. The number of hydrogen-bond acceptors (Lipinski definition) is 4. The molecule has 2 aliphatic heterocycles. The number of likely N-dealkylation sites (tertiary alicyclic amines) is 1. The van der Waals surface area contributed by atoms with Gasteiger partial charge >= 0.3 is 6.03 Å². The van der Waals surface area contributed by atoms with Gasteiger partial charge < -0.3 is 10.2 Å². The van der Waals surface area contributed by atoms with Crippen LogP contribution < -0.4 is 5.32 Å². The number of nitriles is 1. The fourth-order valence-electron chi connectivity index (χ4n) is 6.11. The van der Waals surface area contributed by atoms with Gasteiger partial charge in [0.05, 0.1) is 11.5 Å². The third-order valence-electron chi connectivity index (χ3n) is 8.52. The molecular formula is C33H36N4O2. The Morgan fingerprint density at radius 2 is 1.38 bits per heavy atom. The molecule has 1 N–H and O–H groups in total. The first-order valence-corrected chi connectivity index (χ1v) is 13.8. The standard InChI is InChI=1S/C33H36N4O2/c1-24-9-13-27(14-10-24)33(28-15-11-25(2)12-16-28)30(38)37(31(39)35-33)20-6-19-36-21-17-32(23-34,18-22-36)29-8-5-4-7-26(29)3/h4-5,7-16H,6,17-22H2,1-3H3,(H,35,39). The monoisotopic (exact) mass is 520 g/mol. The van der Waals surface area contributed by atoms with Gasteiger partial charge in [0.15, 0.2) is 5.54 Å². The first-order chi connectivity index (χ1) is 18.8. The molecule has 3 amide bonds. The van der Waals surface area contributed by atoms with Crippen LogP contribution in [0.2, 0.25) is 0 Å². The van der Waals surface area contributed by atoms with Crippen LogP contribution >= 0.6 is 0 Å². The first-order valence-electron chi connectivity index (χ1n) is 13.8. The van der Waals surface area contributed by atoms with Gasteiger partial charge in [0.2, 0.25) is 0 Å². The second-order valence-corrected chi connectivity index (χ2v) is 11.1. The minimum atomic E-state index is -1.23. The number of benzene rings is 3. The van der Waals surface area contributed by atoms with Crippen molar-refractivity contribution in [3.8, 4) is 6.07 Å². The molecule has 0 spiro atoms. The summed E-state index contributed by atoms with van der Waals surface area (Å²) in [6.07, 6.45) is 2.24. The van der Waals surface area contributed by atoms with Crippen LogP contribution in [0.15, 0.2) is 72.8 Å². The Morgan fingerprint density at radius 3 is 1.92 bits per heavy atom. The molecule has 0 unspecified atom stereocenters. The molecule has 5 rings (SSSR count). The van der Waals surface area contributed by atoms with Crippen molar-refractivity contribution in [1.29, 1.82) is 5.26 Å². The Hall–Kier alpha value is -3.95. The Morgan fingerprint density at radius 1 is 0.821 bits per heavy atom. The van der Waals surface area contributed by atoms with Crippen molar-refractivity contribution in [3.05, 3.63) is 106 Å². The summed E-state index contributed by atoms with van der Waals surface area (Å²) in [5.41, 5.74) is 4.33. The fraction of sp³-hybridized carbons (Fsp3) is 0.364. The number of piperidine rings is 1. The maximum Gasteiger partial charge on any atom is 0.325 e. The van der Waals surface area contributed by atoms with E-state index >= 15 is 0 Å². The zero-order valence-electron chi connectivity index (χ0n) is 23.0. The van der Waals surface area contributed by atoms with Gasteiger partial charge in [-0.1, -0.05) is 83.9 Å². The first kappa shape index (κ1) is 26.6. The van der Waals surface area contributed by atoms with E-state index in [0.717, 1.165) is 65.9 Å². The van der Waals surface area contributed by atoms with E-state index in [-0.39, 0.29) is 11.9 Å². The minimum absolute atomic E-state index is 0.234. The predicted octanol–water partition coefficient (Wildman–Crippen LogP) is 5.35. The molecule has 3 aromatic carbocycles. The molecular weight excluding hydrogens is 484 g/mol. The number of amides is 3. The highest BCUT2D eigenvalue weighted by Crippen LogP contribution is 2.38. The molecule has 0 aromatic heterocycles. The SMILES string of the molecule is Cc1ccc(C2(c3ccc(C)cc3)NC(=O)N(CCCN3CCC(C#N)(c4ccccc4C)CC3)C2=O)cc1. The van der Waals surface area contributed by atoms with Crippen LogP contribution in [0.25, 0.3) is 0 Å². The van der Waals surface area contributed by atoms with Crippen LogP contribution in [0.3, 0.4) is 0 Å². The van der Waals surface area contributed by atoms with Crippen molar-refractivity contribution in [3.63, 3.8) is 0 Å². The number of imide groups is 1. The van der Waals surface area contributed by atoms with Gasteiger partial charge in [0.1, 0.15) is 0 Å². The van der Waals surface area contributed by atoms with Crippen LogP contribution in [0.1, 0.15) is 52.6 Å². The summed E-state index contributed by atoms with van der Waals surface area (Å²) >= 11 is 0. The van der Waals surface area contributed by atoms with Gasteiger partial charge in [0, 0.05) is 6.54 Å². The van der Waals surface area contributed by atoms with E-state index in [4.69, 9.17) is 0 Å². The second kappa shape index (κ2) is 10.7. The third kappa shape index (κ3) is 4.84. The van der Waals surface area contributed by atoms with E-state index in [1.165, 1.54) is 4.90 Å². The Bertz CT molecular complexity index is 1350. The molecule has 2 aliphatic rings. The van der Waals surface area contributed by atoms with Gasteiger partial charge in [-0.25, -0.2) is 4.79 Å². The molecule has 2 heterocycles. The van der Waals surface area contributed by atoms with E-state index in [1.54, 1.807) is 0 Å². The number of urea groups is 1. The molecule has 0 atom stereocenters. The number of nitrogens with one attached hydrogen (secondary N) is 1. The predicted molar refractivity (Wildman–Crippen MR) is 152 cm³/mol. The molecule has 39 heavy (non-hydrogen) atoms. The van der Waals surface area contributed by atoms with Crippen molar-refractivity contribution in [1.82, 2.24) is 15.1 Å². The summed E-state index contributed by atoms with van der Waals surface area (Å²) in [6, 6.07) is 26.1. The molecule has 0 radical (unpaired) electrons. The molecule has 6 nitrogen and oxygen atoms in total. The van der Waals surface area contributed by atoms with Crippen molar-refractivity contribution in [2.45, 2.75) is 51.0 Å². The van der Waals surface area contributed by atoms with E-state index in [0.29, 0.717) is 13.0 Å². The molecule has 2 saturated heterocycles. The molecule has 0 aliphatic carbocycles. The lowest BCUT2D eigenvalue weighted by Gasteiger charge is -2.38. The van der Waals surface area contributed by atoms with Crippen LogP contribution in [-0.2, 0) is 15.7 Å². The summed E-state index contributed by atoms with van der Waals surface area (Å²) in [4.78, 5) is 30.9. The van der Waals surface area contributed by atoms with Gasteiger partial charge in [-0.15, -0.1) is 0 Å². The average molecular weight is 521 g/mol. The summed E-state index contributed by atoms with van der Waals surface area (Å²) in [5.74, 6) is -0.234. The quantitative estimate of drug-likeness (QED) is 0.426. The normalized spacial score (nSPS) is 18.6. The van der Waals surface area contributed by atoms with Gasteiger partial charge in [0.25, 0.3) is 5.91 Å². The smallest absolute Gasteiger partial charge is 0.315 e. The lowest BCUT2D eigenvalue weighted by atomic mass is 9.72. The highest BCUT2D eigenvalue weighted by Gasteiger charge is 2.53. The maximum absolute atomic E-state index is 14.0. The van der Waals surface area contributed by atoms with Gasteiger partial charge in [-0.3, -0.25) is 9.69 Å². The van der Waals surface area contributed by atoms with E-state index in [2.05, 4.69) is 35.3 Å². The highest BCUT2D eigenvalue weighted by molar-refractivity contribution is 6.09. The maximum atomic E-state index is 14.0. The van der Waals surface area contributed by atoms with Crippen LogP contribution in [-0.4, -0.2) is 47.9 Å². The van der Waals surface area contributed by atoms with E-state index < -0.39 is 11.0 Å². The van der Waals surface area contributed by atoms with Crippen LogP contribution in [0.5, 0.6) is 0 Å². The topological polar surface area (TPSA) is 76.4 Å². The summed E-state index contributed by atoms with van der Waals surface area (Å²) < 4.78 is 0. The van der Waals surface area contributed by atoms with Gasteiger partial charge in [-0.2, -0.15) is 5.26 Å². The lowest BCUT2D eigenvalue weighted by molar-refractivity contribution is -0.130. The van der Waals surface area contributed by atoms with Crippen molar-refractivity contribution in [2.24, 2.45) is 0 Å². The molecule has 3 aromatic rings. The zero-order chi connectivity index (χ0) is 27.6. The number of rotatable bonds is 7. The minimum Gasteiger partial charge on any atom is -0.315 e. The van der Waals surface area contributed by atoms with Crippen molar-refractivity contribution in [2.75, 3.05) is 26.2 Å². The summed E-state index contributed by atoms with van der Waals surface area (Å²) in [7, 11) is 0. The van der Waals surface area contributed by atoms with Crippen molar-refractivity contribution < 1.29 is 9.59 Å². The number of carbonyl (C=O) groups is 2. The Kier molecular flexibility index (Phi) is 7.29. The van der Waals surface area contributed by atoms with E-state index in [1.807, 2.05) is 74.5 Å². The molecule has 0 saturated carbocycles. The fourth-order valence-corrected chi connectivity index (χ4v) is 6.11. The number of carbonyl (C=O) groups excluding carboxylic acids is 2. The third-order valence-corrected chi connectivity index (χ3v) is 8.52. The summed E-state index contributed by atoms with van der Waals surface area (Å²) in [6.45, 7) is 8.84. The van der Waals surface area contributed by atoms with Crippen LogP contribution in [0, 0.1) is 32.1 Å². The number of nitrogens with zero attached hydrogens (tertiary/aromatic N) is 3. The molecule has 200 valence electrons. The lowest BCUT2D eigenvalue weighted by Crippen LogP contribution is -2.45. The second-order valence-electron chi connectivity index (χ2n) is 11.1. The van der Waals surface area contributed by atoms with Gasteiger partial charge in [-0.05, 0) is 81.9 Å². The molecule has 6 heteroatoms. The van der Waals surface area contributed by atoms with Crippen molar-refractivity contribution >= 4 is 11.9 Å². The summed E-state index contributed by atoms with van der Waals surface area (Å²) in [5, 5.41) is 13.2. The number of aryl methyl sites for hydroxylation is 3.